The van der Waals surface area contributed by atoms with Gasteiger partial charge in [-0.05, 0) is 24.1 Å². The molecule has 2 rings (SSSR count). The number of nitrogens with two attached hydrogens (primary N) is 1. The fourth-order valence-electron chi connectivity index (χ4n) is 1.69. The Morgan fingerprint density at radius 2 is 2.32 bits per heavy atom. The van der Waals surface area contributed by atoms with Gasteiger partial charge in [0.2, 0.25) is 5.91 Å². The Hall–Kier alpha value is -1.82. The second kappa shape index (κ2) is 5.88. The van der Waals surface area contributed by atoms with Crippen LogP contribution >= 0.6 is 15.9 Å². The minimum atomic E-state index is -0.407. The molecule has 0 saturated carbocycles. The Morgan fingerprint density at radius 3 is 3.00 bits per heavy atom. The SMILES string of the molecule is Cc1ccc(CNc2cnn(CC(N)=O)c2)c(Br)c1. The number of carbonyl (C=O) groups excluding carboxylic acids is 1. The van der Waals surface area contributed by atoms with Crippen molar-refractivity contribution in [3.63, 3.8) is 0 Å². The molecule has 0 atom stereocenters. The molecule has 1 amide bonds. The highest BCUT2D eigenvalue weighted by atomic mass is 79.9. The van der Waals surface area contributed by atoms with Gasteiger partial charge >= 0.3 is 0 Å². The van der Waals surface area contributed by atoms with Gasteiger partial charge in [0.05, 0.1) is 11.9 Å². The van der Waals surface area contributed by atoms with Crippen LogP contribution in [0.5, 0.6) is 0 Å². The van der Waals surface area contributed by atoms with Crippen molar-refractivity contribution < 1.29 is 4.79 Å². The predicted molar refractivity (Wildman–Crippen MR) is 77.6 cm³/mol. The molecule has 1 heterocycles. The van der Waals surface area contributed by atoms with Gasteiger partial charge in [0.25, 0.3) is 0 Å². The summed E-state index contributed by atoms with van der Waals surface area (Å²) in [5.41, 5.74) is 8.33. The quantitative estimate of drug-likeness (QED) is 0.884. The van der Waals surface area contributed by atoms with Gasteiger partial charge < -0.3 is 11.1 Å². The lowest BCUT2D eigenvalue weighted by Gasteiger charge is -2.07. The molecule has 19 heavy (non-hydrogen) atoms. The van der Waals surface area contributed by atoms with Crippen molar-refractivity contribution >= 4 is 27.5 Å². The van der Waals surface area contributed by atoms with E-state index in [1.165, 1.54) is 10.2 Å². The van der Waals surface area contributed by atoms with E-state index in [0.717, 1.165) is 15.7 Å². The van der Waals surface area contributed by atoms with Crippen LogP contribution in [0.3, 0.4) is 0 Å². The first-order valence-corrected chi connectivity index (χ1v) is 6.63. The number of aromatic nitrogens is 2. The summed E-state index contributed by atoms with van der Waals surface area (Å²) in [6.45, 7) is 2.83. The molecule has 6 heteroatoms. The van der Waals surface area contributed by atoms with Crippen LogP contribution in [-0.2, 0) is 17.9 Å². The molecule has 5 nitrogen and oxygen atoms in total. The van der Waals surface area contributed by atoms with Crippen molar-refractivity contribution in [2.24, 2.45) is 5.73 Å². The molecule has 0 aliphatic heterocycles. The minimum Gasteiger partial charge on any atom is -0.378 e. The number of hydrogen-bond acceptors (Lipinski definition) is 3. The number of nitrogens with one attached hydrogen (secondary N) is 1. The number of nitrogens with zero attached hydrogens (tertiary/aromatic N) is 2. The third kappa shape index (κ3) is 3.82. The van der Waals surface area contributed by atoms with Crippen molar-refractivity contribution in [1.29, 1.82) is 0 Å². The van der Waals surface area contributed by atoms with Gasteiger partial charge in [-0.15, -0.1) is 0 Å². The lowest BCUT2D eigenvalue weighted by molar-refractivity contribution is -0.118. The van der Waals surface area contributed by atoms with Crippen LogP contribution in [0.4, 0.5) is 5.69 Å². The molecule has 2 aromatic rings. The van der Waals surface area contributed by atoms with Crippen LogP contribution in [-0.4, -0.2) is 15.7 Å². The zero-order valence-electron chi connectivity index (χ0n) is 10.6. The maximum atomic E-state index is 10.8. The van der Waals surface area contributed by atoms with Crippen molar-refractivity contribution in [3.8, 4) is 0 Å². The number of carbonyl (C=O) groups is 1. The van der Waals surface area contributed by atoms with Crippen molar-refractivity contribution in [3.05, 3.63) is 46.2 Å². The van der Waals surface area contributed by atoms with Crippen LogP contribution in [0.25, 0.3) is 0 Å². The Bertz CT molecular complexity index is 594. The molecule has 100 valence electrons. The molecule has 0 spiro atoms. The number of halogens is 1. The number of anilines is 1. The van der Waals surface area contributed by atoms with Crippen molar-refractivity contribution in [1.82, 2.24) is 9.78 Å². The third-order valence-electron chi connectivity index (χ3n) is 2.64. The summed E-state index contributed by atoms with van der Waals surface area (Å²) in [6, 6.07) is 6.21. The Balaban J connectivity index is 1.98. The molecule has 0 unspecified atom stereocenters. The van der Waals surface area contributed by atoms with Gasteiger partial charge in [0, 0.05) is 17.2 Å². The van der Waals surface area contributed by atoms with Crippen molar-refractivity contribution in [2.45, 2.75) is 20.0 Å². The molecule has 0 aliphatic rings. The second-order valence-electron chi connectivity index (χ2n) is 4.34. The van der Waals surface area contributed by atoms with Gasteiger partial charge in [0.1, 0.15) is 6.54 Å². The van der Waals surface area contributed by atoms with Crippen molar-refractivity contribution in [2.75, 3.05) is 5.32 Å². The molecule has 0 saturated heterocycles. The first kappa shape index (κ1) is 13.6. The molecule has 1 aromatic heterocycles. The fourth-order valence-corrected chi connectivity index (χ4v) is 2.33. The number of aryl methyl sites for hydroxylation is 1. The zero-order valence-corrected chi connectivity index (χ0v) is 12.1. The van der Waals surface area contributed by atoms with Gasteiger partial charge in [-0.1, -0.05) is 28.1 Å². The minimum absolute atomic E-state index is 0.0932. The second-order valence-corrected chi connectivity index (χ2v) is 5.20. The van der Waals surface area contributed by atoms with Crippen LogP contribution in [0.15, 0.2) is 35.1 Å². The van der Waals surface area contributed by atoms with E-state index in [9.17, 15) is 4.79 Å². The van der Waals surface area contributed by atoms with Gasteiger partial charge in [-0.2, -0.15) is 5.10 Å². The van der Waals surface area contributed by atoms with E-state index >= 15 is 0 Å². The summed E-state index contributed by atoms with van der Waals surface area (Å²) in [7, 11) is 0. The van der Waals surface area contributed by atoms with E-state index in [1.54, 1.807) is 12.4 Å². The maximum absolute atomic E-state index is 10.8. The highest BCUT2D eigenvalue weighted by Gasteiger charge is 2.03. The zero-order chi connectivity index (χ0) is 13.8. The number of benzene rings is 1. The summed E-state index contributed by atoms with van der Waals surface area (Å²) in [6.07, 6.45) is 3.43. The van der Waals surface area contributed by atoms with Gasteiger partial charge in [-0.3, -0.25) is 9.48 Å². The number of rotatable bonds is 5. The topological polar surface area (TPSA) is 72.9 Å². The summed E-state index contributed by atoms with van der Waals surface area (Å²) >= 11 is 3.54. The fraction of sp³-hybridized carbons (Fsp3) is 0.231. The van der Waals surface area contributed by atoms with E-state index in [4.69, 9.17) is 5.73 Å². The van der Waals surface area contributed by atoms with E-state index in [0.29, 0.717) is 6.54 Å². The predicted octanol–water partition coefficient (Wildman–Crippen LogP) is 2.05. The molecule has 3 N–H and O–H groups in total. The molecular weight excluding hydrogens is 308 g/mol. The van der Waals surface area contributed by atoms with E-state index < -0.39 is 5.91 Å². The lowest BCUT2D eigenvalue weighted by Crippen LogP contribution is -2.18. The maximum Gasteiger partial charge on any atom is 0.239 e. The lowest BCUT2D eigenvalue weighted by atomic mass is 10.1. The van der Waals surface area contributed by atoms with E-state index in [2.05, 4.69) is 51.5 Å². The smallest absolute Gasteiger partial charge is 0.239 e. The Kier molecular flexibility index (Phi) is 4.21. The van der Waals surface area contributed by atoms with Crippen LogP contribution in [0.2, 0.25) is 0 Å². The highest BCUT2D eigenvalue weighted by Crippen LogP contribution is 2.19. The third-order valence-corrected chi connectivity index (χ3v) is 3.38. The molecule has 0 radical (unpaired) electrons. The normalized spacial score (nSPS) is 10.4. The first-order valence-electron chi connectivity index (χ1n) is 5.84. The van der Waals surface area contributed by atoms with E-state index in [-0.39, 0.29) is 6.54 Å². The Morgan fingerprint density at radius 1 is 1.53 bits per heavy atom. The molecule has 1 aromatic carbocycles. The summed E-state index contributed by atoms with van der Waals surface area (Å²) < 4.78 is 2.58. The average molecular weight is 323 g/mol. The molecular formula is C13H15BrN4O. The van der Waals surface area contributed by atoms with Gasteiger partial charge in [-0.25, -0.2) is 0 Å². The van der Waals surface area contributed by atoms with Crippen LogP contribution < -0.4 is 11.1 Å². The van der Waals surface area contributed by atoms with Gasteiger partial charge in [0.15, 0.2) is 0 Å². The standard InChI is InChI=1S/C13H15BrN4O/c1-9-2-3-10(12(14)4-9)5-16-11-6-17-18(7-11)8-13(15)19/h2-4,6-7,16H,5,8H2,1H3,(H2,15,19). The summed E-state index contributed by atoms with van der Waals surface area (Å²) in [5.74, 6) is -0.407. The van der Waals surface area contributed by atoms with Crippen LogP contribution in [0, 0.1) is 6.92 Å². The molecule has 0 bridgehead atoms. The monoisotopic (exact) mass is 322 g/mol. The number of hydrogen-bond donors (Lipinski definition) is 2. The number of primary amides is 1. The number of amides is 1. The average Bonchev–Trinajstić information content (AvgIpc) is 2.74. The molecule has 0 fully saturated rings. The largest absolute Gasteiger partial charge is 0.378 e. The first-order chi connectivity index (χ1) is 9.04. The summed E-state index contributed by atoms with van der Waals surface area (Å²) in [5, 5.41) is 7.30. The van der Waals surface area contributed by atoms with E-state index in [1.807, 2.05) is 0 Å². The highest BCUT2D eigenvalue weighted by molar-refractivity contribution is 9.10. The van der Waals surface area contributed by atoms with Crippen LogP contribution in [0.1, 0.15) is 11.1 Å². The Labute approximate surface area is 119 Å². The molecule has 0 aliphatic carbocycles. The summed E-state index contributed by atoms with van der Waals surface area (Å²) in [4.78, 5) is 10.8.